The Morgan fingerprint density at radius 1 is 1.29 bits per heavy atom. The highest BCUT2D eigenvalue weighted by Crippen LogP contribution is 2.37. The van der Waals surface area contributed by atoms with Crippen molar-refractivity contribution >= 4 is 41.2 Å². The highest BCUT2D eigenvalue weighted by atomic mass is 35.5. The fourth-order valence-corrected chi connectivity index (χ4v) is 4.03. The second-order valence-corrected chi connectivity index (χ2v) is 7.76. The molecule has 2 amide bonds. The van der Waals surface area contributed by atoms with E-state index in [2.05, 4.69) is 20.0 Å². The van der Waals surface area contributed by atoms with Crippen molar-refractivity contribution in [2.24, 2.45) is 0 Å². The van der Waals surface area contributed by atoms with Gasteiger partial charge in [0.05, 0.1) is 26.2 Å². The molecule has 31 heavy (non-hydrogen) atoms. The first kappa shape index (κ1) is 22.9. The average molecular weight is 469 g/mol. The molecule has 166 valence electrons. The number of nitrogens with zero attached hydrogens (tertiary/aromatic N) is 2. The summed E-state index contributed by atoms with van der Waals surface area (Å²) in [5.74, 6) is -1.15. The van der Waals surface area contributed by atoms with Crippen molar-refractivity contribution < 1.29 is 23.9 Å². The number of benzene rings is 1. The van der Waals surface area contributed by atoms with E-state index in [9.17, 15) is 14.4 Å². The SMILES string of the molecule is COC(=O)CCC(NC(=O)N1CCc2[nH]cnc2C1c1ccc(Cl)cc1Cl)C(=O)OC. The quantitative estimate of drug-likeness (QED) is 0.629. The Balaban J connectivity index is 1.88. The lowest BCUT2D eigenvalue weighted by atomic mass is 9.96. The summed E-state index contributed by atoms with van der Waals surface area (Å²) < 4.78 is 9.39. The maximum atomic E-state index is 13.2. The Morgan fingerprint density at radius 2 is 2.06 bits per heavy atom. The third-order valence-electron chi connectivity index (χ3n) is 5.09. The molecule has 0 bridgehead atoms. The Hall–Kier alpha value is -2.78. The number of fused-ring (bicyclic) bond motifs is 1. The summed E-state index contributed by atoms with van der Waals surface area (Å²) in [5, 5.41) is 3.53. The monoisotopic (exact) mass is 468 g/mol. The van der Waals surface area contributed by atoms with Gasteiger partial charge in [-0.25, -0.2) is 14.6 Å². The van der Waals surface area contributed by atoms with Gasteiger partial charge in [-0.2, -0.15) is 0 Å². The third kappa shape index (κ3) is 5.11. The fourth-order valence-electron chi connectivity index (χ4n) is 3.52. The number of ether oxygens (including phenoxy) is 2. The van der Waals surface area contributed by atoms with Crippen molar-refractivity contribution in [1.29, 1.82) is 0 Å². The van der Waals surface area contributed by atoms with Crippen LogP contribution in [-0.4, -0.2) is 59.6 Å². The van der Waals surface area contributed by atoms with Gasteiger partial charge in [-0.15, -0.1) is 0 Å². The summed E-state index contributed by atoms with van der Waals surface area (Å²) >= 11 is 12.5. The lowest BCUT2D eigenvalue weighted by Gasteiger charge is -2.36. The van der Waals surface area contributed by atoms with E-state index in [0.717, 1.165) is 5.69 Å². The summed E-state index contributed by atoms with van der Waals surface area (Å²) in [5.41, 5.74) is 2.21. The largest absolute Gasteiger partial charge is 0.469 e. The predicted molar refractivity (Wildman–Crippen MR) is 113 cm³/mol. The standard InChI is InChI=1S/C20H22Cl2N4O5/c1-30-16(27)6-5-15(19(28)31-2)25-20(29)26-8-7-14-17(24-10-23-14)18(26)12-4-3-11(21)9-13(12)22/h3-4,9-10,15,18H,5-8H2,1-2H3,(H,23,24)(H,25,29). The van der Waals surface area contributed by atoms with Gasteiger partial charge in [0.25, 0.3) is 0 Å². The van der Waals surface area contributed by atoms with Gasteiger partial charge in [0.2, 0.25) is 0 Å². The maximum Gasteiger partial charge on any atom is 0.328 e. The van der Waals surface area contributed by atoms with Gasteiger partial charge in [0.15, 0.2) is 0 Å². The Bertz CT molecular complexity index is 980. The van der Waals surface area contributed by atoms with E-state index in [1.54, 1.807) is 29.4 Å². The van der Waals surface area contributed by atoms with Gasteiger partial charge < -0.3 is 24.7 Å². The number of halogens is 2. The second-order valence-electron chi connectivity index (χ2n) is 6.92. The minimum absolute atomic E-state index is 0.0406. The maximum absolute atomic E-state index is 13.2. The van der Waals surface area contributed by atoms with Crippen LogP contribution in [0.3, 0.4) is 0 Å². The van der Waals surface area contributed by atoms with E-state index < -0.39 is 30.1 Å². The lowest BCUT2D eigenvalue weighted by molar-refractivity contribution is -0.144. The summed E-state index contributed by atoms with van der Waals surface area (Å²) in [6.45, 7) is 0.357. The molecule has 1 aliphatic rings. The van der Waals surface area contributed by atoms with Gasteiger partial charge in [-0.3, -0.25) is 4.79 Å². The van der Waals surface area contributed by atoms with Crippen molar-refractivity contribution in [2.45, 2.75) is 31.3 Å². The predicted octanol–water partition coefficient (Wildman–Crippen LogP) is 2.87. The molecule has 0 aliphatic carbocycles. The van der Waals surface area contributed by atoms with E-state index in [0.29, 0.717) is 34.3 Å². The number of H-pyrrole nitrogens is 1. The van der Waals surface area contributed by atoms with Crippen molar-refractivity contribution in [3.8, 4) is 0 Å². The molecule has 2 aromatic rings. The van der Waals surface area contributed by atoms with E-state index in [1.165, 1.54) is 14.2 Å². The molecule has 2 unspecified atom stereocenters. The highest BCUT2D eigenvalue weighted by Gasteiger charge is 2.36. The molecule has 0 saturated carbocycles. The second kappa shape index (κ2) is 10.0. The molecule has 2 N–H and O–H groups in total. The number of amides is 2. The molecule has 1 aromatic heterocycles. The topological polar surface area (TPSA) is 114 Å². The first-order chi connectivity index (χ1) is 14.8. The van der Waals surface area contributed by atoms with E-state index >= 15 is 0 Å². The Kier molecular flexibility index (Phi) is 7.40. The fraction of sp³-hybridized carbons (Fsp3) is 0.400. The van der Waals surface area contributed by atoms with Crippen molar-refractivity contribution in [1.82, 2.24) is 20.2 Å². The number of hydrogen-bond donors (Lipinski definition) is 2. The molecule has 0 saturated heterocycles. The number of aromatic nitrogens is 2. The van der Waals surface area contributed by atoms with Gasteiger partial charge >= 0.3 is 18.0 Å². The van der Waals surface area contributed by atoms with Crippen LogP contribution >= 0.6 is 23.2 Å². The molecular weight excluding hydrogens is 447 g/mol. The number of esters is 2. The molecule has 2 heterocycles. The minimum Gasteiger partial charge on any atom is -0.469 e. The molecule has 3 rings (SSSR count). The Morgan fingerprint density at radius 3 is 2.74 bits per heavy atom. The van der Waals surface area contributed by atoms with Gasteiger partial charge in [0, 0.05) is 35.1 Å². The van der Waals surface area contributed by atoms with Crippen LogP contribution in [-0.2, 0) is 25.5 Å². The molecule has 11 heteroatoms. The molecule has 1 aliphatic heterocycles. The number of rotatable bonds is 6. The normalized spacial score (nSPS) is 16.3. The summed E-state index contributed by atoms with van der Waals surface area (Å²) in [4.78, 5) is 45.9. The number of imidazole rings is 1. The van der Waals surface area contributed by atoms with Crippen molar-refractivity contribution in [3.63, 3.8) is 0 Å². The molecule has 2 atom stereocenters. The summed E-state index contributed by atoms with van der Waals surface area (Å²) in [7, 11) is 2.47. The molecule has 0 fully saturated rings. The number of carbonyl (C=O) groups is 3. The molecular formula is C20H22Cl2N4O5. The smallest absolute Gasteiger partial charge is 0.328 e. The van der Waals surface area contributed by atoms with Crippen LogP contribution in [0, 0.1) is 0 Å². The van der Waals surface area contributed by atoms with E-state index in [1.807, 2.05) is 0 Å². The minimum atomic E-state index is -1.02. The molecule has 9 nitrogen and oxygen atoms in total. The number of aromatic amines is 1. The van der Waals surface area contributed by atoms with Crippen LogP contribution < -0.4 is 5.32 Å². The van der Waals surface area contributed by atoms with Crippen LogP contribution in [0.15, 0.2) is 24.5 Å². The number of carbonyl (C=O) groups excluding carboxylic acids is 3. The first-order valence-electron chi connectivity index (χ1n) is 9.54. The number of methoxy groups -OCH3 is 2. The first-order valence-corrected chi connectivity index (χ1v) is 10.3. The summed E-state index contributed by atoms with van der Waals surface area (Å²) in [6, 6.07) is 2.92. The average Bonchev–Trinajstić information content (AvgIpc) is 3.24. The number of hydrogen-bond acceptors (Lipinski definition) is 6. The van der Waals surface area contributed by atoms with Crippen LogP contribution in [0.25, 0.3) is 0 Å². The van der Waals surface area contributed by atoms with Crippen LogP contribution in [0.1, 0.15) is 35.8 Å². The molecule has 1 aromatic carbocycles. The van der Waals surface area contributed by atoms with Crippen molar-refractivity contribution in [3.05, 3.63) is 51.5 Å². The summed E-state index contributed by atoms with van der Waals surface area (Å²) in [6.07, 6.45) is 2.11. The third-order valence-corrected chi connectivity index (χ3v) is 5.65. The number of urea groups is 1. The van der Waals surface area contributed by atoms with Gasteiger partial charge in [-0.05, 0) is 24.1 Å². The van der Waals surface area contributed by atoms with Gasteiger partial charge in [-0.1, -0.05) is 29.3 Å². The molecule has 0 radical (unpaired) electrons. The van der Waals surface area contributed by atoms with E-state index in [4.69, 9.17) is 27.9 Å². The lowest BCUT2D eigenvalue weighted by Crippen LogP contribution is -2.51. The van der Waals surface area contributed by atoms with E-state index in [-0.39, 0.29) is 12.8 Å². The van der Waals surface area contributed by atoms with Crippen LogP contribution in [0.2, 0.25) is 10.0 Å². The highest BCUT2D eigenvalue weighted by molar-refractivity contribution is 6.35. The zero-order chi connectivity index (χ0) is 22.5. The molecule has 0 spiro atoms. The van der Waals surface area contributed by atoms with Crippen LogP contribution in [0.5, 0.6) is 0 Å². The van der Waals surface area contributed by atoms with Crippen molar-refractivity contribution in [2.75, 3.05) is 20.8 Å². The van der Waals surface area contributed by atoms with Gasteiger partial charge in [0.1, 0.15) is 12.1 Å². The number of nitrogens with one attached hydrogen (secondary N) is 2. The zero-order valence-corrected chi connectivity index (χ0v) is 18.5. The Labute approximate surface area is 189 Å². The zero-order valence-electron chi connectivity index (χ0n) is 17.0. The van der Waals surface area contributed by atoms with Crippen LogP contribution in [0.4, 0.5) is 4.79 Å².